The maximum absolute atomic E-state index is 13.1. The normalized spacial score (nSPS) is 21.0. The first-order valence-corrected chi connectivity index (χ1v) is 9.54. The van der Waals surface area contributed by atoms with Crippen LogP contribution in [0.4, 0.5) is 10.1 Å². The average molecular weight is 361 g/mol. The second-order valence-corrected chi connectivity index (χ2v) is 7.63. The van der Waals surface area contributed by atoms with E-state index in [1.165, 1.54) is 25.0 Å². The molecule has 5 nitrogen and oxygen atoms in total. The lowest BCUT2D eigenvalue weighted by Crippen LogP contribution is -2.35. The summed E-state index contributed by atoms with van der Waals surface area (Å²) in [6, 6.07) is 6.36. The van der Waals surface area contributed by atoms with Crippen LogP contribution in [0.25, 0.3) is 0 Å². The largest absolute Gasteiger partial charge is 0.339 e. The monoisotopic (exact) mass is 361 g/mol. The lowest BCUT2D eigenvalue weighted by Gasteiger charge is -2.25. The summed E-state index contributed by atoms with van der Waals surface area (Å²) in [5.74, 6) is 0.147. The van der Waals surface area contributed by atoms with Gasteiger partial charge in [-0.15, -0.1) is 0 Å². The van der Waals surface area contributed by atoms with Gasteiger partial charge in [0, 0.05) is 44.2 Å². The zero-order valence-corrected chi connectivity index (χ0v) is 15.4. The minimum absolute atomic E-state index is 0.127. The highest BCUT2D eigenvalue weighted by molar-refractivity contribution is 5.90. The van der Waals surface area contributed by atoms with Gasteiger partial charge in [0.1, 0.15) is 5.82 Å². The number of nitrogens with one attached hydrogen (secondary N) is 1. The maximum Gasteiger partial charge on any atom is 0.225 e. The van der Waals surface area contributed by atoms with Gasteiger partial charge in [-0.2, -0.15) is 0 Å². The highest BCUT2D eigenvalue weighted by Crippen LogP contribution is 2.29. The number of likely N-dealkylation sites (tertiary alicyclic amines) is 1. The topological polar surface area (TPSA) is 52.7 Å². The molecule has 1 aliphatic heterocycles. The number of hydrogen-bond acceptors (Lipinski definition) is 3. The fraction of sp³-hybridized carbons (Fsp3) is 0.600. The molecule has 2 aliphatic rings. The molecule has 1 heterocycles. The minimum atomic E-state index is -0.363. The molecule has 0 radical (unpaired) electrons. The molecule has 6 heteroatoms. The number of rotatable bonds is 7. The molecular formula is C20H28FN3O2. The molecule has 1 aromatic carbocycles. The van der Waals surface area contributed by atoms with E-state index in [1.807, 2.05) is 7.05 Å². The highest BCUT2D eigenvalue weighted by atomic mass is 19.1. The molecule has 0 spiro atoms. The second-order valence-electron chi connectivity index (χ2n) is 7.63. The van der Waals surface area contributed by atoms with Crippen LogP contribution in [-0.2, 0) is 9.59 Å². The summed E-state index contributed by atoms with van der Waals surface area (Å²) in [5.41, 5.74) is 0.478. The Kier molecular flexibility index (Phi) is 6.25. The fourth-order valence-electron chi connectivity index (χ4n) is 4.11. The van der Waals surface area contributed by atoms with E-state index in [0.717, 1.165) is 25.9 Å². The second kappa shape index (κ2) is 8.62. The molecule has 0 aromatic heterocycles. The summed E-state index contributed by atoms with van der Waals surface area (Å²) in [7, 11) is 1.98. The lowest BCUT2D eigenvalue weighted by atomic mass is 10.1. The van der Waals surface area contributed by atoms with E-state index in [2.05, 4.69) is 15.1 Å². The number of carbonyl (C=O) groups excluding carboxylic acids is 2. The Labute approximate surface area is 154 Å². The van der Waals surface area contributed by atoms with Crippen LogP contribution in [0.15, 0.2) is 24.3 Å². The summed E-state index contributed by atoms with van der Waals surface area (Å²) < 4.78 is 13.1. The third-order valence-corrected chi connectivity index (χ3v) is 5.40. The molecule has 1 N–H and O–H groups in total. The van der Waals surface area contributed by atoms with Crippen LogP contribution in [0.3, 0.4) is 0 Å². The number of halogens is 1. The van der Waals surface area contributed by atoms with Gasteiger partial charge in [0.05, 0.1) is 0 Å². The van der Waals surface area contributed by atoms with Crippen molar-refractivity contribution in [2.45, 2.75) is 44.6 Å². The van der Waals surface area contributed by atoms with Crippen molar-refractivity contribution in [2.24, 2.45) is 5.92 Å². The Balaban J connectivity index is 1.39. The van der Waals surface area contributed by atoms with Crippen LogP contribution in [0, 0.1) is 11.7 Å². The number of hydrogen-bond donors (Lipinski definition) is 1. The van der Waals surface area contributed by atoms with Crippen molar-refractivity contribution in [1.82, 2.24) is 9.80 Å². The van der Waals surface area contributed by atoms with Crippen molar-refractivity contribution in [1.29, 1.82) is 0 Å². The van der Waals surface area contributed by atoms with Crippen LogP contribution >= 0.6 is 0 Å². The number of carbonyl (C=O) groups is 2. The molecule has 1 saturated carbocycles. The van der Waals surface area contributed by atoms with E-state index in [1.54, 1.807) is 12.1 Å². The van der Waals surface area contributed by atoms with Gasteiger partial charge in [0.25, 0.3) is 0 Å². The number of anilines is 1. The van der Waals surface area contributed by atoms with Crippen molar-refractivity contribution >= 4 is 17.5 Å². The van der Waals surface area contributed by atoms with Crippen LogP contribution in [0.5, 0.6) is 0 Å². The Morgan fingerprint density at radius 2 is 2.12 bits per heavy atom. The zero-order valence-electron chi connectivity index (χ0n) is 15.4. The summed E-state index contributed by atoms with van der Waals surface area (Å²) >= 11 is 0. The summed E-state index contributed by atoms with van der Waals surface area (Å²) in [6.45, 7) is 2.29. The Bertz CT molecular complexity index is 646. The van der Waals surface area contributed by atoms with Crippen LogP contribution < -0.4 is 5.32 Å². The fourth-order valence-corrected chi connectivity index (χ4v) is 4.11. The van der Waals surface area contributed by atoms with Crippen LogP contribution in [-0.4, -0.2) is 54.3 Å². The van der Waals surface area contributed by atoms with Crippen molar-refractivity contribution < 1.29 is 14.0 Å². The molecular weight excluding hydrogens is 333 g/mol. The average Bonchev–Trinajstić information content (AvgIpc) is 3.22. The number of benzene rings is 1. The van der Waals surface area contributed by atoms with Crippen molar-refractivity contribution in [3.63, 3.8) is 0 Å². The minimum Gasteiger partial charge on any atom is -0.339 e. The third-order valence-electron chi connectivity index (χ3n) is 5.40. The molecule has 3 rings (SSSR count). The summed E-state index contributed by atoms with van der Waals surface area (Å²) in [5, 5.41) is 2.71. The van der Waals surface area contributed by atoms with Gasteiger partial charge < -0.3 is 15.1 Å². The molecule has 2 fully saturated rings. The third kappa shape index (κ3) is 5.04. The summed E-state index contributed by atoms with van der Waals surface area (Å²) in [4.78, 5) is 28.5. The van der Waals surface area contributed by atoms with Crippen LogP contribution in [0.2, 0.25) is 0 Å². The lowest BCUT2D eigenvalue weighted by molar-refractivity contribution is -0.129. The van der Waals surface area contributed by atoms with Gasteiger partial charge in [0.2, 0.25) is 11.8 Å². The Hall–Kier alpha value is -1.95. The van der Waals surface area contributed by atoms with Gasteiger partial charge >= 0.3 is 0 Å². The molecule has 1 aromatic rings. The smallest absolute Gasteiger partial charge is 0.225 e. The van der Waals surface area contributed by atoms with Crippen LogP contribution in [0.1, 0.15) is 38.5 Å². The van der Waals surface area contributed by atoms with Gasteiger partial charge in [-0.1, -0.05) is 18.9 Å². The predicted molar refractivity (Wildman–Crippen MR) is 99.2 cm³/mol. The Morgan fingerprint density at radius 1 is 1.35 bits per heavy atom. The number of amides is 2. The van der Waals surface area contributed by atoms with E-state index < -0.39 is 0 Å². The number of nitrogens with zero attached hydrogens (tertiary/aromatic N) is 2. The van der Waals surface area contributed by atoms with E-state index in [0.29, 0.717) is 42.9 Å². The highest BCUT2D eigenvalue weighted by Gasteiger charge is 2.35. The predicted octanol–water partition coefficient (Wildman–Crippen LogP) is 2.88. The van der Waals surface area contributed by atoms with Crippen molar-refractivity contribution in [3.05, 3.63) is 30.1 Å². The Morgan fingerprint density at radius 3 is 2.85 bits per heavy atom. The van der Waals surface area contributed by atoms with E-state index in [-0.39, 0.29) is 11.7 Å². The van der Waals surface area contributed by atoms with Gasteiger partial charge in [-0.05, 0) is 44.0 Å². The van der Waals surface area contributed by atoms with Crippen molar-refractivity contribution in [2.75, 3.05) is 32.0 Å². The van der Waals surface area contributed by atoms with E-state index >= 15 is 0 Å². The first-order chi connectivity index (χ1) is 12.5. The molecule has 1 unspecified atom stereocenters. The first-order valence-electron chi connectivity index (χ1n) is 9.54. The van der Waals surface area contributed by atoms with E-state index in [4.69, 9.17) is 0 Å². The molecule has 142 valence electrons. The van der Waals surface area contributed by atoms with Gasteiger partial charge in [0.15, 0.2) is 0 Å². The molecule has 2 amide bonds. The zero-order chi connectivity index (χ0) is 18.5. The quantitative estimate of drug-likeness (QED) is 0.812. The van der Waals surface area contributed by atoms with Gasteiger partial charge in [-0.25, -0.2) is 4.39 Å². The SMILES string of the molecule is CN(CCC(=O)Nc1cccc(F)c1)CC1CC(=O)N(C2CCCC2)C1. The molecule has 26 heavy (non-hydrogen) atoms. The standard InChI is InChI=1S/C20H28FN3O2/c1-23(10-9-19(25)22-17-6-4-5-16(21)12-17)13-15-11-20(26)24(14-15)18-7-2-3-8-18/h4-6,12,15,18H,2-3,7-11,13-14H2,1H3,(H,22,25). The van der Waals surface area contributed by atoms with Crippen molar-refractivity contribution in [3.8, 4) is 0 Å². The summed E-state index contributed by atoms with van der Waals surface area (Å²) in [6.07, 6.45) is 5.73. The van der Waals surface area contributed by atoms with Gasteiger partial charge in [-0.3, -0.25) is 9.59 Å². The molecule has 1 saturated heterocycles. The maximum atomic E-state index is 13.1. The molecule has 1 aliphatic carbocycles. The first kappa shape index (κ1) is 18.8. The molecule has 1 atom stereocenters. The molecule has 0 bridgehead atoms. The van der Waals surface area contributed by atoms with E-state index in [9.17, 15) is 14.0 Å².